The van der Waals surface area contributed by atoms with Gasteiger partial charge in [-0.25, -0.2) is 9.18 Å². The number of aliphatic carboxylic acids is 1. The Labute approximate surface area is 103 Å². The quantitative estimate of drug-likeness (QED) is 0.875. The van der Waals surface area contributed by atoms with Gasteiger partial charge in [-0.05, 0) is 26.0 Å². The molecule has 0 saturated carbocycles. The summed E-state index contributed by atoms with van der Waals surface area (Å²) in [5, 5.41) is 11.3. The third kappa shape index (κ3) is 2.79. The Bertz CT molecular complexity index is 449. The standard InChI is InChI=1S/C11H13ClFNO3/c1-11(2,10(15)16)14-6-4-5-7(17-3)8(12)9(6)13/h4-5,14H,1-3H3,(H,15,16). The second-order valence-corrected chi connectivity index (χ2v) is 4.38. The molecule has 0 spiro atoms. The average Bonchev–Trinajstić information content (AvgIpc) is 2.25. The second kappa shape index (κ2) is 4.79. The number of carboxylic acid groups (broad SMARTS) is 1. The number of benzene rings is 1. The van der Waals surface area contributed by atoms with Crippen molar-refractivity contribution in [2.75, 3.05) is 12.4 Å². The minimum atomic E-state index is -1.29. The Morgan fingerprint density at radius 1 is 1.53 bits per heavy atom. The number of methoxy groups -OCH3 is 1. The molecule has 94 valence electrons. The zero-order chi connectivity index (χ0) is 13.2. The molecule has 0 fully saturated rings. The third-order valence-electron chi connectivity index (χ3n) is 2.25. The van der Waals surface area contributed by atoms with Crippen molar-refractivity contribution in [3.05, 3.63) is 23.0 Å². The average molecular weight is 262 g/mol. The van der Waals surface area contributed by atoms with Gasteiger partial charge in [0.2, 0.25) is 0 Å². The van der Waals surface area contributed by atoms with Gasteiger partial charge in [0.05, 0.1) is 12.8 Å². The lowest BCUT2D eigenvalue weighted by molar-refractivity contribution is -0.141. The van der Waals surface area contributed by atoms with Gasteiger partial charge in [-0.1, -0.05) is 11.6 Å². The van der Waals surface area contributed by atoms with Crippen LogP contribution in [0.3, 0.4) is 0 Å². The molecule has 0 aliphatic carbocycles. The Balaban J connectivity index is 3.09. The van der Waals surface area contributed by atoms with Crippen LogP contribution in [0.2, 0.25) is 5.02 Å². The molecular formula is C11H13ClFNO3. The van der Waals surface area contributed by atoms with E-state index in [4.69, 9.17) is 21.4 Å². The number of hydrogen-bond acceptors (Lipinski definition) is 3. The molecule has 4 nitrogen and oxygen atoms in total. The minimum Gasteiger partial charge on any atom is -0.495 e. The van der Waals surface area contributed by atoms with Crippen LogP contribution in [-0.4, -0.2) is 23.7 Å². The van der Waals surface area contributed by atoms with Gasteiger partial charge in [-0.3, -0.25) is 0 Å². The first-order valence-corrected chi connectivity index (χ1v) is 5.21. The highest BCUT2D eigenvalue weighted by Gasteiger charge is 2.28. The summed E-state index contributed by atoms with van der Waals surface area (Å²) >= 11 is 5.72. The van der Waals surface area contributed by atoms with Gasteiger partial charge < -0.3 is 15.2 Å². The van der Waals surface area contributed by atoms with Crippen LogP contribution in [0.4, 0.5) is 10.1 Å². The molecule has 0 aromatic heterocycles. The van der Waals surface area contributed by atoms with E-state index in [0.29, 0.717) is 0 Å². The smallest absolute Gasteiger partial charge is 0.328 e. The number of carbonyl (C=O) groups is 1. The summed E-state index contributed by atoms with van der Waals surface area (Å²) in [7, 11) is 1.37. The van der Waals surface area contributed by atoms with Crippen LogP contribution in [0.5, 0.6) is 5.75 Å². The van der Waals surface area contributed by atoms with Gasteiger partial charge in [0, 0.05) is 0 Å². The predicted molar refractivity (Wildman–Crippen MR) is 63.3 cm³/mol. The first-order valence-electron chi connectivity index (χ1n) is 4.83. The second-order valence-electron chi connectivity index (χ2n) is 4.00. The lowest BCUT2D eigenvalue weighted by atomic mass is 10.1. The Hall–Kier alpha value is -1.49. The largest absolute Gasteiger partial charge is 0.495 e. The van der Waals surface area contributed by atoms with E-state index in [0.717, 1.165) is 0 Å². The van der Waals surface area contributed by atoms with Crippen molar-refractivity contribution in [2.45, 2.75) is 19.4 Å². The van der Waals surface area contributed by atoms with E-state index in [1.807, 2.05) is 0 Å². The predicted octanol–water partition coefficient (Wildman–Crippen LogP) is 2.76. The van der Waals surface area contributed by atoms with Crippen LogP contribution in [0.25, 0.3) is 0 Å². The number of carboxylic acids is 1. The molecule has 0 aliphatic heterocycles. The molecule has 17 heavy (non-hydrogen) atoms. The molecule has 0 unspecified atom stereocenters. The van der Waals surface area contributed by atoms with E-state index >= 15 is 0 Å². The van der Waals surface area contributed by atoms with Crippen LogP contribution in [0, 0.1) is 5.82 Å². The van der Waals surface area contributed by atoms with Crippen molar-refractivity contribution in [1.82, 2.24) is 0 Å². The highest BCUT2D eigenvalue weighted by atomic mass is 35.5. The molecule has 0 radical (unpaired) electrons. The molecule has 1 aromatic rings. The molecular weight excluding hydrogens is 249 g/mol. The van der Waals surface area contributed by atoms with E-state index in [-0.39, 0.29) is 16.5 Å². The van der Waals surface area contributed by atoms with Crippen molar-refractivity contribution in [3.63, 3.8) is 0 Å². The van der Waals surface area contributed by atoms with Crippen LogP contribution >= 0.6 is 11.6 Å². The highest BCUT2D eigenvalue weighted by molar-refractivity contribution is 6.32. The molecule has 0 saturated heterocycles. The SMILES string of the molecule is COc1ccc(NC(C)(C)C(=O)O)c(F)c1Cl. The molecule has 0 aliphatic rings. The molecule has 1 rings (SSSR count). The molecule has 0 bridgehead atoms. The number of nitrogens with one attached hydrogen (secondary N) is 1. The fraction of sp³-hybridized carbons (Fsp3) is 0.364. The monoisotopic (exact) mass is 261 g/mol. The summed E-state index contributed by atoms with van der Waals surface area (Å²) in [6.07, 6.45) is 0. The van der Waals surface area contributed by atoms with Gasteiger partial charge in [0.1, 0.15) is 16.3 Å². The van der Waals surface area contributed by atoms with Gasteiger partial charge in [-0.15, -0.1) is 0 Å². The Kier molecular flexibility index (Phi) is 3.83. The molecule has 1 aromatic carbocycles. The zero-order valence-electron chi connectivity index (χ0n) is 9.67. The fourth-order valence-corrected chi connectivity index (χ4v) is 1.42. The summed E-state index contributed by atoms with van der Waals surface area (Å²) in [6, 6.07) is 2.84. The van der Waals surface area contributed by atoms with E-state index < -0.39 is 17.3 Å². The van der Waals surface area contributed by atoms with E-state index in [2.05, 4.69) is 5.32 Å². The van der Waals surface area contributed by atoms with Crippen molar-refractivity contribution >= 4 is 23.3 Å². The van der Waals surface area contributed by atoms with Crippen LogP contribution in [0.1, 0.15) is 13.8 Å². The number of anilines is 1. The van der Waals surface area contributed by atoms with Gasteiger partial charge >= 0.3 is 5.97 Å². The van der Waals surface area contributed by atoms with Crippen LogP contribution in [-0.2, 0) is 4.79 Å². The summed E-state index contributed by atoms with van der Waals surface area (Å²) in [5.74, 6) is -1.63. The van der Waals surface area contributed by atoms with Crippen LogP contribution in [0.15, 0.2) is 12.1 Å². The minimum absolute atomic E-state index is 0.0169. The zero-order valence-corrected chi connectivity index (χ0v) is 10.4. The molecule has 6 heteroatoms. The van der Waals surface area contributed by atoms with Gasteiger partial charge in [0.15, 0.2) is 5.82 Å². The molecule has 0 heterocycles. The van der Waals surface area contributed by atoms with Crippen molar-refractivity contribution in [3.8, 4) is 5.75 Å². The Morgan fingerprint density at radius 3 is 2.59 bits per heavy atom. The van der Waals surface area contributed by atoms with E-state index in [1.54, 1.807) is 0 Å². The first kappa shape index (κ1) is 13.6. The lowest BCUT2D eigenvalue weighted by Gasteiger charge is -2.23. The normalized spacial score (nSPS) is 11.1. The maximum absolute atomic E-state index is 13.8. The lowest BCUT2D eigenvalue weighted by Crippen LogP contribution is -2.40. The summed E-state index contributed by atoms with van der Waals surface area (Å²) in [6.45, 7) is 2.85. The van der Waals surface area contributed by atoms with E-state index in [1.165, 1.54) is 33.1 Å². The first-order chi connectivity index (χ1) is 7.79. The van der Waals surface area contributed by atoms with Crippen molar-refractivity contribution < 1.29 is 19.0 Å². The highest BCUT2D eigenvalue weighted by Crippen LogP contribution is 2.32. The van der Waals surface area contributed by atoms with Crippen molar-refractivity contribution in [2.24, 2.45) is 0 Å². The maximum Gasteiger partial charge on any atom is 0.328 e. The topological polar surface area (TPSA) is 58.6 Å². The summed E-state index contributed by atoms with van der Waals surface area (Å²) in [4.78, 5) is 10.9. The van der Waals surface area contributed by atoms with Crippen molar-refractivity contribution in [1.29, 1.82) is 0 Å². The number of halogens is 2. The number of rotatable bonds is 4. The number of hydrogen-bond donors (Lipinski definition) is 2. The molecule has 0 amide bonds. The van der Waals surface area contributed by atoms with Gasteiger partial charge in [0.25, 0.3) is 0 Å². The Morgan fingerprint density at radius 2 is 2.12 bits per heavy atom. The maximum atomic E-state index is 13.8. The summed E-state index contributed by atoms with van der Waals surface area (Å²) < 4.78 is 18.6. The van der Waals surface area contributed by atoms with Gasteiger partial charge in [-0.2, -0.15) is 0 Å². The van der Waals surface area contributed by atoms with Crippen LogP contribution < -0.4 is 10.1 Å². The van der Waals surface area contributed by atoms with E-state index in [9.17, 15) is 9.18 Å². The molecule has 2 N–H and O–H groups in total. The number of ether oxygens (including phenoxy) is 1. The summed E-state index contributed by atoms with van der Waals surface area (Å²) in [5.41, 5.74) is -1.28. The third-order valence-corrected chi connectivity index (χ3v) is 2.60. The molecule has 0 atom stereocenters. The fourth-order valence-electron chi connectivity index (χ4n) is 1.18.